The molecule has 8 heteroatoms. The van der Waals surface area contributed by atoms with Crippen molar-refractivity contribution in [2.24, 2.45) is 0 Å². The molecule has 0 saturated carbocycles. The first-order valence-electron chi connectivity index (χ1n) is 10.7. The molecule has 2 aliphatic heterocycles. The van der Waals surface area contributed by atoms with Crippen LogP contribution in [-0.4, -0.2) is 60.6 Å². The van der Waals surface area contributed by atoms with Crippen LogP contribution in [0.4, 0.5) is 5.69 Å². The number of carbonyl (C=O) groups is 3. The van der Waals surface area contributed by atoms with Crippen LogP contribution in [0.25, 0.3) is 0 Å². The van der Waals surface area contributed by atoms with E-state index in [0.717, 1.165) is 18.5 Å². The molecule has 2 N–H and O–H groups in total. The average molecular weight is 452 g/mol. The van der Waals surface area contributed by atoms with Gasteiger partial charge in [0.15, 0.2) is 0 Å². The van der Waals surface area contributed by atoms with E-state index in [4.69, 9.17) is 10.5 Å². The Morgan fingerprint density at radius 2 is 1.21 bits per heavy atom. The number of rotatable bonds is 5. The minimum Gasteiger partial charge on any atom is -0.429 e. The lowest BCUT2D eigenvalue weighted by Crippen LogP contribution is -2.50. The summed E-state index contributed by atoms with van der Waals surface area (Å²) in [6.07, 6.45) is 2.16. The Kier molecular flexibility index (Phi) is 8.34. The first kappa shape index (κ1) is 24.2. The summed E-state index contributed by atoms with van der Waals surface area (Å²) >= 11 is 0. The molecule has 2 aliphatic rings. The van der Waals surface area contributed by atoms with Gasteiger partial charge in [-0.25, -0.2) is 0 Å². The lowest BCUT2D eigenvalue weighted by molar-refractivity contribution is -0.168. The summed E-state index contributed by atoms with van der Waals surface area (Å²) < 4.78 is 9.20. The van der Waals surface area contributed by atoms with Gasteiger partial charge in [-0.15, -0.1) is 0 Å². The van der Waals surface area contributed by atoms with Crippen molar-refractivity contribution in [3.8, 4) is 0 Å². The van der Waals surface area contributed by atoms with Crippen molar-refractivity contribution >= 4 is 23.6 Å². The molecule has 2 heterocycles. The number of hydrogen-bond acceptors (Lipinski definition) is 8. The maximum absolute atomic E-state index is 11.2. The average Bonchev–Trinajstić information content (AvgIpc) is 2.73. The maximum Gasteiger partial charge on any atom is 0.327 e. The summed E-state index contributed by atoms with van der Waals surface area (Å²) in [6.45, 7) is 6.64. The number of aryl methyl sites for hydroxylation is 3. The highest BCUT2D eigenvalue weighted by molar-refractivity contribution is 5.90. The molecule has 8 nitrogen and oxygen atoms in total. The molecule has 174 valence electrons. The van der Waals surface area contributed by atoms with E-state index in [1.54, 1.807) is 9.80 Å². The highest BCUT2D eigenvalue weighted by atomic mass is 16.6. The molecule has 0 aliphatic carbocycles. The number of carbonyl (C=O) groups excluding carboxylic acids is 3. The van der Waals surface area contributed by atoms with Crippen molar-refractivity contribution in [2.45, 2.75) is 19.8 Å². The fraction of sp³-hybridized carbons (Fsp3) is 0.320. The zero-order valence-electron chi connectivity index (χ0n) is 18.8. The van der Waals surface area contributed by atoms with Crippen LogP contribution in [0.1, 0.15) is 16.7 Å². The Morgan fingerprint density at radius 3 is 1.73 bits per heavy atom. The van der Waals surface area contributed by atoms with Gasteiger partial charge in [-0.1, -0.05) is 48.5 Å². The SMILES string of the molecule is C=C1CN(CN2CC(=O)OC(=O)C2)CC(=O)O1.Cc1ccc(CCc2ccc(N)cc2)cc1. The zero-order valence-corrected chi connectivity index (χ0v) is 18.8. The molecule has 2 saturated heterocycles. The third-order valence-electron chi connectivity index (χ3n) is 5.15. The van der Waals surface area contributed by atoms with Gasteiger partial charge in [-0.05, 0) is 43.0 Å². The quantitative estimate of drug-likeness (QED) is 0.419. The first-order chi connectivity index (χ1) is 15.8. The van der Waals surface area contributed by atoms with Gasteiger partial charge in [-0.2, -0.15) is 0 Å². The molecular formula is C25H29N3O5. The van der Waals surface area contributed by atoms with Crippen LogP contribution in [0.2, 0.25) is 0 Å². The Labute approximate surface area is 193 Å². The van der Waals surface area contributed by atoms with Crippen molar-refractivity contribution < 1.29 is 23.9 Å². The Bertz CT molecular complexity index is 888. The van der Waals surface area contributed by atoms with Gasteiger partial charge in [0.05, 0.1) is 32.8 Å². The number of nitrogens with two attached hydrogens (primary N) is 1. The van der Waals surface area contributed by atoms with Crippen molar-refractivity contribution in [2.75, 3.05) is 38.6 Å². The molecule has 0 unspecified atom stereocenters. The van der Waals surface area contributed by atoms with Gasteiger partial charge in [0, 0.05) is 5.69 Å². The number of nitrogen functional groups attached to an aromatic ring is 1. The molecule has 0 spiro atoms. The first-order valence-corrected chi connectivity index (χ1v) is 10.7. The molecule has 2 aromatic rings. The van der Waals surface area contributed by atoms with Gasteiger partial charge in [-0.3, -0.25) is 24.2 Å². The van der Waals surface area contributed by atoms with Gasteiger partial charge < -0.3 is 15.2 Å². The second-order valence-corrected chi connectivity index (χ2v) is 8.20. The number of morpholine rings is 2. The molecule has 33 heavy (non-hydrogen) atoms. The largest absolute Gasteiger partial charge is 0.429 e. The van der Waals surface area contributed by atoms with Gasteiger partial charge in [0.1, 0.15) is 5.76 Å². The van der Waals surface area contributed by atoms with Crippen molar-refractivity contribution in [3.05, 3.63) is 77.6 Å². The monoisotopic (exact) mass is 451 g/mol. The topological polar surface area (TPSA) is 102 Å². The molecule has 0 bridgehead atoms. The molecular weight excluding hydrogens is 422 g/mol. The molecule has 0 aromatic heterocycles. The van der Waals surface area contributed by atoms with Gasteiger partial charge in [0.25, 0.3) is 0 Å². The lowest BCUT2D eigenvalue weighted by Gasteiger charge is -2.32. The molecule has 0 atom stereocenters. The van der Waals surface area contributed by atoms with Crippen LogP contribution in [0.5, 0.6) is 0 Å². The second kappa shape index (κ2) is 11.4. The highest BCUT2D eigenvalue weighted by Gasteiger charge is 2.28. The van der Waals surface area contributed by atoms with E-state index in [1.807, 2.05) is 12.1 Å². The molecule has 0 amide bonds. The second-order valence-electron chi connectivity index (χ2n) is 8.20. The van der Waals surface area contributed by atoms with E-state index in [0.29, 0.717) is 19.0 Å². The van der Waals surface area contributed by atoms with E-state index in [-0.39, 0.29) is 25.6 Å². The van der Waals surface area contributed by atoms with Crippen LogP contribution in [0.15, 0.2) is 60.9 Å². The zero-order chi connectivity index (χ0) is 23.8. The number of ether oxygens (including phenoxy) is 2. The van der Waals surface area contributed by atoms with Gasteiger partial charge >= 0.3 is 17.9 Å². The normalized spacial score (nSPS) is 17.1. The molecule has 2 fully saturated rings. The minimum atomic E-state index is -0.570. The number of benzene rings is 2. The number of hydrogen-bond donors (Lipinski definition) is 1. The predicted octanol–water partition coefficient (Wildman–Crippen LogP) is 2.06. The summed E-state index contributed by atoms with van der Waals surface area (Å²) in [7, 11) is 0. The van der Waals surface area contributed by atoms with E-state index in [2.05, 4.69) is 54.6 Å². The van der Waals surface area contributed by atoms with Crippen LogP contribution in [0.3, 0.4) is 0 Å². The third-order valence-corrected chi connectivity index (χ3v) is 5.15. The minimum absolute atomic E-state index is 0.0454. The third kappa shape index (κ3) is 8.17. The Morgan fingerprint density at radius 1 is 0.758 bits per heavy atom. The standard InChI is InChI=1S/C15H17N.C10H12N2O5/c1-12-2-4-13(5-3-12)6-7-14-8-10-15(16)11-9-14;1-7-2-11(3-8(13)16-7)6-12-4-9(14)17-10(15)5-12/h2-5,8-11H,6-7,16H2,1H3;1-6H2. The van der Waals surface area contributed by atoms with Crippen LogP contribution in [-0.2, 0) is 36.7 Å². The molecule has 0 radical (unpaired) electrons. The number of anilines is 1. The smallest absolute Gasteiger partial charge is 0.327 e. The van der Waals surface area contributed by atoms with E-state index in [9.17, 15) is 14.4 Å². The van der Waals surface area contributed by atoms with E-state index in [1.165, 1.54) is 16.7 Å². The predicted molar refractivity (Wildman–Crippen MR) is 124 cm³/mol. The van der Waals surface area contributed by atoms with Crippen LogP contribution in [0, 0.1) is 6.92 Å². The summed E-state index contributed by atoms with van der Waals surface area (Å²) in [5.41, 5.74) is 10.5. The fourth-order valence-electron chi connectivity index (χ4n) is 3.54. The summed E-state index contributed by atoms with van der Waals surface area (Å²) in [6, 6.07) is 16.9. The van der Waals surface area contributed by atoms with E-state index < -0.39 is 11.9 Å². The van der Waals surface area contributed by atoms with Crippen LogP contribution >= 0.6 is 0 Å². The number of nitrogens with zero attached hydrogens (tertiary/aromatic N) is 2. The molecule has 2 aromatic carbocycles. The molecule has 4 rings (SSSR count). The van der Waals surface area contributed by atoms with Crippen molar-refractivity contribution in [1.82, 2.24) is 9.80 Å². The number of cyclic esters (lactones) is 3. The Hall–Kier alpha value is -3.49. The lowest BCUT2D eigenvalue weighted by atomic mass is 10.0. The summed E-state index contributed by atoms with van der Waals surface area (Å²) in [4.78, 5) is 36.6. The van der Waals surface area contributed by atoms with Crippen LogP contribution < -0.4 is 5.73 Å². The number of esters is 3. The van der Waals surface area contributed by atoms with E-state index >= 15 is 0 Å². The van der Waals surface area contributed by atoms with Crippen molar-refractivity contribution in [1.29, 1.82) is 0 Å². The van der Waals surface area contributed by atoms with Crippen molar-refractivity contribution in [3.63, 3.8) is 0 Å². The maximum atomic E-state index is 11.2. The fourth-order valence-corrected chi connectivity index (χ4v) is 3.54. The van der Waals surface area contributed by atoms with Gasteiger partial charge in [0.2, 0.25) is 0 Å². The summed E-state index contributed by atoms with van der Waals surface area (Å²) in [5, 5.41) is 0. The highest BCUT2D eigenvalue weighted by Crippen LogP contribution is 2.11. The summed E-state index contributed by atoms with van der Waals surface area (Å²) in [5.74, 6) is -1.15. The Balaban J connectivity index is 0.000000186.